The van der Waals surface area contributed by atoms with Gasteiger partial charge in [0.15, 0.2) is 0 Å². The van der Waals surface area contributed by atoms with Gasteiger partial charge in [0.25, 0.3) is 0 Å². The summed E-state index contributed by atoms with van der Waals surface area (Å²) in [5.41, 5.74) is 7.98. The summed E-state index contributed by atoms with van der Waals surface area (Å²) in [5, 5.41) is 0. The van der Waals surface area contributed by atoms with Crippen LogP contribution in [-0.2, 0) is 0 Å². The molecule has 1 aliphatic rings. The van der Waals surface area contributed by atoms with Crippen molar-refractivity contribution in [1.82, 2.24) is 0 Å². The van der Waals surface area contributed by atoms with Crippen molar-refractivity contribution >= 4 is 5.69 Å². The van der Waals surface area contributed by atoms with Gasteiger partial charge in [-0.1, -0.05) is 19.9 Å². The van der Waals surface area contributed by atoms with Gasteiger partial charge in [0.05, 0.1) is 0 Å². The van der Waals surface area contributed by atoms with Crippen molar-refractivity contribution in [3.05, 3.63) is 29.6 Å². The zero-order chi connectivity index (χ0) is 14.0. The third-order valence-corrected chi connectivity index (χ3v) is 4.76. The highest BCUT2D eigenvalue weighted by molar-refractivity contribution is 5.56. The molecule has 2 nitrogen and oxygen atoms in total. The molecule has 1 heterocycles. The highest BCUT2D eigenvalue weighted by atomic mass is 19.1. The first-order chi connectivity index (χ1) is 9.03. The highest BCUT2D eigenvalue weighted by Crippen LogP contribution is 2.40. The lowest BCUT2D eigenvalue weighted by Gasteiger charge is -2.29. The second kappa shape index (κ2) is 5.49. The van der Waals surface area contributed by atoms with E-state index in [1.807, 2.05) is 13.0 Å². The van der Waals surface area contributed by atoms with Crippen molar-refractivity contribution in [1.29, 1.82) is 0 Å². The van der Waals surface area contributed by atoms with E-state index in [4.69, 9.17) is 5.73 Å². The molecular formula is C16H25FN2. The molecule has 1 fully saturated rings. The summed E-state index contributed by atoms with van der Waals surface area (Å²) in [6.07, 6.45) is 3.56. The van der Waals surface area contributed by atoms with Gasteiger partial charge in [0, 0.05) is 30.4 Å². The molecule has 2 rings (SSSR count). The Morgan fingerprint density at radius 3 is 2.58 bits per heavy atom. The van der Waals surface area contributed by atoms with Crippen LogP contribution in [0.2, 0.25) is 0 Å². The van der Waals surface area contributed by atoms with Gasteiger partial charge in [-0.15, -0.1) is 0 Å². The molecule has 1 atom stereocenters. The predicted octanol–water partition coefficient (Wildman–Crippen LogP) is 3.86. The van der Waals surface area contributed by atoms with Gasteiger partial charge in [-0.05, 0) is 43.7 Å². The van der Waals surface area contributed by atoms with Gasteiger partial charge in [-0.25, -0.2) is 4.39 Å². The minimum atomic E-state index is -0.269. The third-order valence-electron chi connectivity index (χ3n) is 4.76. The molecular weight excluding hydrogens is 239 g/mol. The Bertz CT molecular complexity index is 438. The van der Waals surface area contributed by atoms with Crippen LogP contribution in [0.25, 0.3) is 0 Å². The second-order valence-corrected chi connectivity index (χ2v) is 5.84. The second-order valence-electron chi connectivity index (χ2n) is 5.84. The first-order valence-corrected chi connectivity index (χ1v) is 7.32. The van der Waals surface area contributed by atoms with Gasteiger partial charge >= 0.3 is 0 Å². The number of hydrogen-bond donors (Lipinski definition) is 1. The number of nitrogens with zero attached hydrogens (tertiary/aromatic N) is 1. The molecule has 0 bridgehead atoms. The summed E-state index contributed by atoms with van der Waals surface area (Å²) in [6.45, 7) is 8.38. The van der Waals surface area contributed by atoms with Crippen LogP contribution in [0.15, 0.2) is 18.2 Å². The molecule has 0 spiro atoms. The first kappa shape index (κ1) is 14.3. The van der Waals surface area contributed by atoms with E-state index in [0.717, 1.165) is 18.8 Å². The third kappa shape index (κ3) is 2.62. The van der Waals surface area contributed by atoms with E-state index >= 15 is 0 Å². The number of benzene rings is 1. The molecule has 19 heavy (non-hydrogen) atoms. The van der Waals surface area contributed by atoms with E-state index in [-0.39, 0.29) is 11.9 Å². The van der Waals surface area contributed by atoms with Crippen LogP contribution in [0, 0.1) is 11.2 Å². The summed E-state index contributed by atoms with van der Waals surface area (Å²) < 4.78 is 14.0. The van der Waals surface area contributed by atoms with Crippen molar-refractivity contribution in [2.75, 3.05) is 18.0 Å². The summed E-state index contributed by atoms with van der Waals surface area (Å²) in [6, 6.07) is 5.03. The molecule has 3 heteroatoms. The van der Waals surface area contributed by atoms with Crippen molar-refractivity contribution < 1.29 is 4.39 Å². The van der Waals surface area contributed by atoms with Gasteiger partial charge in [0.1, 0.15) is 5.82 Å². The van der Waals surface area contributed by atoms with Gasteiger partial charge < -0.3 is 10.6 Å². The molecule has 1 aliphatic heterocycles. The van der Waals surface area contributed by atoms with E-state index in [1.54, 1.807) is 6.07 Å². The fourth-order valence-corrected chi connectivity index (χ4v) is 3.22. The molecule has 0 radical (unpaired) electrons. The normalized spacial score (nSPS) is 19.7. The Morgan fingerprint density at radius 2 is 2.05 bits per heavy atom. The lowest BCUT2D eigenvalue weighted by atomic mass is 9.82. The minimum Gasteiger partial charge on any atom is -0.371 e. The number of nitrogens with two attached hydrogens (primary N) is 1. The van der Waals surface area contributed by atoms with Gasteiger partial charge in [-0.2, -0.15) is 0 Å². The lowest BCUT2D eigenvalue weighted by Crippen LogP contribution is -2.27. The number of anilines is 1. The maximum atomic E-state index is 14.0. The maximum absolute atomic E-state index is 14.0. The van der Waals surface area contributed by atoms with Crippen molar-refractivity contribution in [3.8, 4) is 0 Å². The van der Waals surface area contributed by atoms with Crippen LogP contribution in [0.4, 0.5) is 10.1 Å². The number of hydrogen-bond acceptors (Lipinski definition) is 2. The topological polar surface area (TPSA) is 29.3 Å². The average molecular weight is 264 g/mol. The molecule has 0 amide bonds. The zero-order valence-electron chi connectivity index (χ0n) is 12.2. The molecule has 1 saturated heterocycles. The molecule has 2 N–H and O–H groups in total. The predicted molar refractivity (Wildman–Crippen MR) is 78.8 cm³/mol. The van der Waals surface area contributed by atoms with E-state index < -0.39 is 0 Å². The van der Waals surface area contributed by atoms with E-state index in [2.05, 4.69) is 18.7 Å². The molecule has 1 aromatic rings. The molecule has 0 unspecified atom stereocenters. The Hall–Kier alpha value is -1.09. The van der Waals surface area contributed by atoms with Gasteiger partial charge in [0.2, 0.25) is 0 Å². The minimum absolute atomic E-state index is 0.182. The van der Waals surface area contributed by atoms with Gasteiger partial charge in [-0.3, -0.25) is 0 Å². The Labute approximate surface area is 115 Å². The standard InChI is InChI=1S/C16H25FN2/c1-4-16(5-2)9-10-19(11-16)14-8-6-7-13(17)15(14)12(3)18/h6-8,12H,4-5,9-11,18H2,1-3H3/t12-/m0/s1. The van der Waals surface area contributed by atoms with E-state index in [1.165, 1.54) is 25.3 Å². The largest absolute Gasteiger partial charge is 0.371 e. The quantitative estimate of drug-likeness (QED) is 0.894. The van der Waals surface area contributed by atoms with Crippen LogP contribution >= 0.6 is 0 Å². The van der Waals surface area contributed by atoms with Crippen LogP contribution in [0.1, 0.15) is 51.6 Å². The molecule has 106 valence electrons. The SMILES string of the molecule is CCC1(CC)CCN(c2cccc(F)c2[C@H](C)N)C1. The van der Waals surface area contributed by atoms with Crippen molar-refractivity contribution in [2.24, 2.45) is 11.1 Å². The first-order valence-electron chi connectivity index (χ1n) is 7.32. The highest BCUT2D eigenvalue weighted by Gasteiger charge is 2.36. The molecule has 0 aromatic heterocycles. The van der Waals surface area contributed by atoms with Crippen LogP contribution in [0.3, 0.4) is 0 Å². The maximum Gasteiger partial charge on any atom is 0.130 e. The summed E-state index contributed by atoms with van der Waals surface area (Å²) >= 11 is 0. The van der Waals surface area contributed by atoms with Crippen molar-refractivity contribution in [2.45, 2.75) is 46.1 Å². The molecule has 0 aliphatic carbocycles. The zero-order valence-corrected chi connectivity index (χ0v) is 12.2. The average Bonchev–Trinajstić information content (AvgIpc) is 2.83. The lowest BCUT2D eigenvalue weighted by molar-refractivity contribution is 0.301. The van der Waals surface area contributed by atoms with E-state index in [0.29, 0.717) is 11.0 Å². The summed E-state index contributed by atoms with van der Waals surface area (Å²) in [4.78, 5) is 2.31. The molecule has 0 saturated carbocycles. The van der Waals surface area contributed by atoms with Crippen molar-refractivity contribution in [3.63, 3.8) is 0 Å². The summed E-state index contributed by atoms with van der Waals surface area (Å²) in [5.74, 6) is -0.182. The van der Waals surface area contributed by atoms with Crippen LogP contribution < -0.4 is 10.6 Å². The Balaban J connectivity index is 2.32. The van der Waals surface area contributed by atoms with Crippen LogP contribution in [0.5, 0.6) is 0 Å². The fraction of sp³-hybridized carbons (Fsp3) is 0.625. The number of halogens is 1. The Kier molecular flexibility index (Phi) is 4.14. The Morgan fingerprint density at radius 1 is 1.37 bits per heavy atom. The van der Waals surface area contributed by atoms with Crippen LogP contribution in [-0.4, -0.2) is 13.1 Å². The number of rotatable bonds is 4. The molecule has 1 aromatic carbocycles. The summed E-state index contributed by atoms with van der Waals surface area (Å²) in [7, 11) is 0. The monoisotopic (exact) mass is 264 g/mol. The smallest absolute Gasteiger partial charge is 0.130 e. The fourth-order valence-electron chi connectivity index (χ4n) is 3.22. The van der Waals surface area contributed by atoms with E-state index in [9.17, 15) is 4.39 Å².